The minimum atomic E-state index is -0.0331. The summed E-state index contributed by atoms with van der Waals surface area (Å²) in [5.74, 6) is 1.38. The molecule has 0 atom stereocenters. The molecule has 0 radical (unpaired) electrons. The number of allylic oxidation sites excluding steroid dienone is 4. The molecular weight excluding hydrogens is 694 g/mol. The fourth-order valence-electron chi connectivity index (χ4n) is 5.71. The quantitative estimate of drug-likeness (QED) is 0.132. The lowest BCUT2D eigenvalue weighted by atomic mass is 9.96. The molecule has 2 aliphatic rings. The van der Waals surface area contributed by atoms with E-state index in [1.165, 1.54) is 5.56 Å². The zero-order valence-electron chi connectivity index (χ0n) is 28.9. The molecule has 2 aliphatic heterocycles. The first-order valence-electron chi connectivity index (χ1n) is 16.5. The van der Waals surface area contributed by atoms with E-state index < -0.39 is 0 Å². The predicted molar refractivity (Wildman–Crippen MR) is 205 cm³/mol. The summed E-state index contributed by atoms with van der Waals surface area (Å²) >= 11 is 3.62. The lowest BCUT2D eigenvalue weighted by Gasteiger charge is -2.24. The van der Waals surface area contributed by atoms with Gasteiger partial charge >= 0.3 is 0 Å². The number of fused-ring (bicyclic) bond motifs is 2. The minimum absolute atomic E-state index is 0.00927. The van der Waals surface area contributed by atoms with Crippen molar-refractivity contribution in [1.29, 1.82) is 0 Å². The monoisotopic (exact) mass is 735 g/mol. The number of nitrogens with one attached hydrogen (secondary N) is 2. The van der Waals surface area contributed by atoms with Crippen LogP contribution in [0, 0.1) is 6.92 Å². The van der Waals surface area contributed by atoms with Crippen LogP contribution in [-0.2, 0) is 30.8 Å². The van der Waals surface area contributed by atoms with Gasteiger partial charge in [0.15, 0.2) is 0 Å². The highest BCUT2D eigenvalue weighted by atomic mass is 79.9. The Labute approximate surface area is 301 Å². The summed E-state index contributed by atoms with van der Waals surface area (Å²) in [7, 11) is 1.60. The number of ether oxygens (including phenoxy) is 2. The summed E-state index contributed by atoms with van der Waals surface area (Å²) in [6, 6.07) is 13.9. The Hall–Kier alpha value is -5.22. The average molecular weight is 737 g/mol. The molecule has 0 saturated carbocycles. The number of benzene rings is 2. The number of carbonyl (C=O) groups is 1. The molecule has 0 bridgehead atoms. The molecule has 258 valence electrons. The number of pyridine rings is 2. The first-order chi connectivity index (χ1) is 24.1. The van der Waals surface area contributed by atoms with Crippen molar-refractivity contribution in [2.24, 2.45) is 4.99 Å². The predicted octanol–water partition coefficient (Wildman–Crippen LogP) is 8.56. The van der Waals surface area contributed by atoms with Crippen LogP contribution < -0.4 is 25.7 Å². The average Bonchev–Trinajstić information content (AvgIpc) is 3.11. The maximum absolute atomic E-state index is 13.1. The highest BCUT2D eigenvalue weighted by Gasteiger charge is 2.21. The molecule has 0 fully saturated rings. The zero-order valence-corrected chi connectivity index (χ0v) is 30.5. The maximum Gasteiger partial charge on any atom is 0.253 e. The number of nitrogens with zero attached hydrogens (tertiary/aromatic N) is 3. The number of hydrogen-bond acceptors (Lipinski definition) is 7. The second kappa shape index (κ2) is 16.9. The van der Waals surface area contributed by atoms with E-state index in [2.05, 4.69) is 61.3 Å². The molecule has 0 unspecified atom stereocenters. The van der Waals surface area contributed by atoms with Crippen LogP contribution in [0.2, 0.25) is 0 Å². The Balaban J connectivity index is 0.000000544. The van der Waals surface area contributed by atoms with Crippen molar-refractivity contribution < 1.29 is 14.3 Å². The topological polar surface area (TPSA) is 107 Å². The Bertz CT molecular complexity index is 2010. The van der Waals surface area contributed by atoms with Crippen LogP contribution in [-0.4, -0.2) is 28.8 Å². The largest absolute Gasteiger partial charge is 0.495 e. The van der Waals surface area contributed by atoms with Gasteiger partial charge in [0.2, 0.25) is 5.91 Å². The molecule has 4 aromatic rings. The fourth-order valence-corrected chi connectivity index (χ4v) is 6.19. The number of rotatable bonds is 9. The molecular formula is C40H42BrN5O4. The summed E-state index contributed by atoms with van der Waals surface area (Å²) < 4.78 is 14.5. The number of amides is 1. The third-order valence-corrected chi connectivity index (χ3v) is 8.72. The molecule has 4 heterocycles. The van der Waals surface area contributed by atoms with Gasteiger partial charge in [-0.1, -0.05) is 28.1 Å². The molecule has 50 heavy (non-hydrogen) atoms. The van der Waals surface area contributed by atoms with Crippen LogP contribution in [0.25, 0.3) is 11.1 Å². The van der Waals surface area contributed by atoms with Gasteiger partial charge in [0, 0.05) is 59.7 Å². The van der Waals surface area contributed by atoms with Crippen LogP contribution in [0.3, 0.4) is 0 Å². The van der Waals surface area contributed by atoms with Gasteiger partial charge in [-0.05, 0) is 122 Å². The lowest BCUT2D eigenvalue weighted by Crippen LogP contribution is -2.22. The molecule has 2 aromatic heterocycles. The standard InChI is InChI=1S/C33H31BrN4O4.C7H11N/c1-20-13-25(24-14-22-4-6-30(39)37-31(22)28(16-24)41-2)18-38(33(20)40)12-9-27-5-3-23-15-26(34)17-29(32(23)36-27)42-19-21-7-10-35-11-8-21;1-4-8-6-5-7(2)3/h7-11,13-18,36H,3-6,12,19H2,1-2H3,(H,37,39);4-6H,2H2,1,3H3/b;6-5-,8-4?. The number of halogens is 1. The summed E-state index contributed by atoms with van der Waals surface area (Å²) in [5.41, 5.74) is 9.49. The SMILES string of the molecule is C=C(C)/C=C\N=CC.COc1cc(-c2cc(C)c(=O)n(CC=C3CCc4cc(Br)cc(OCc5ccncc5)c4N3)c2)cc2c1NC(=O)CC2. The normalized spacial score (nSPS) is 14.3. The summed E-state index contributed by atoms with van der Waals surface area (Å²) in [5, 5.41) is 6.50. The van der Waals surface area contributed by atoms with Crippen molar-refractivity contribution in [3.63, 3.8) is 0 Å². The van der Waals surface area contributed by atoms with Gasteiger partial charge in [-0.2, -0.15) is 0 Å². The number of anilines is 2. The first-order valence-corrected chi connectivity index (χ1v) is 17.3. The Morgan fingerprint density at radius 2 is 1.74 bits per heavy atom. The second-order valence-corrected chi connectivity index (χ2v) is 13.1. The molecule has 1 amide bonds. The summed E-state index contributed by atoms with van der Waals surface area (Å²) in [6.07, 6.45) is 15.6. The third kappa shape index (κ3) is 9.26. The van der Waals surface area contributed by atoms with Crippen LogP contribution in [0.1, 0.15) is 48.9 Å². The maximum atomic E-state index is 13.1. The highest BCUT2D eigenvalue weighted by molar-refractivity contribution is 9.10. The van der Waals surface area contributed by atoms with Gasteiger partial charge < -0.3 is 24.7 Å². The molecule has 10 heteroatoms. The number of carbonyl (C=O) groups excluding carboxylic acids is 1. The molecule has 0 spiro atoms. The van der Waals surface area contributed by atoms with Crippen LogP contribution in [0.5, 0.6) is 11.5 Å². The van der Waals surface area contributed by atoms with Crippen molar-refractivity contribution in [2.75, 3.05) is 17.7 Å². The Morgan fingerprint density at radius 1 is 1.00 bits per heavy atom. The first kappa shape index (κ1) is 36.1. The number of aliphatic imine (C=N–C) groups is 1. The Morgan fingerprint density at radius 3 is 2.48 bits per heavy atom. The molecule has 0 saturated heterocycles. The number of methoxy groups -OCH3 is 1. The molecule has 2 N–H and O–H groups in total. The van der Waals surface area contributed by atoms with Crippen LogP contribution >= 0.6 is 15.9 Å². The number of hydrogen-bond donors (Lipinski definition) is 2. The molecule has 0 aliphatic carbocycles. The van der Waals surface area contributed by atoms with E-state index in [1.54, 1.807) is 36.5 Å². The van der Waals surface area contributed by atoms with Gasteiger partial charge in [0.1, 0.15) is 18.1 Å². The van der Waals surface area contributed by atoms with E-state index >= 15 is 0 Å². The van der Waals surface area contributed by atoms with Crippen molar-refractivity contribution in [1.82, 2.24) is 9.55 Å². The van der Waals surface area contributed by atoms with Crippen molar-refractivity contribution >= 4 is 39.4 Å². The van der Waals surface area contributed by atoms with Crippen LogP contribution in [0.4, 0.5) is 11.4 Å². The molecule has 2 aromatic carbocycles. The van der Waals surface area contributed by atoms with E-state index in [9.17, 15) is 9.59 Å². The van der Waals surface area contributed by atoms with Gasteiger partial charge in [-0.15, -0.1) is 0 Å². The molecule has 6 rings (SSSR count). The second-order valence-electron chi connectivity index (χ2n) is 12.1. The van der Waals surface area contributed by atoms with Crippen molar-refractivity contribution in [2.45, 2.75) is 59.6 Å². The zero-order chi connectivity index (χ0) is 35.6. The van der Waals surface area contributed by atoms with E-state index in [0.717, 1.165) is 68.0 Å². The summed E-state index contributed by atoms with van der Waals surface area (Å²) in [4.78, 5) is 33.0. The third-order valence-electron chi connectivity index (χ3n) is 8.26. The smallest absolute Gasteiger partial charge is 0.253 e. The van der Waals surface area contributed by atoms with E-state index in [1.807, 2.05) is 63.4 Å². The van der Waals surface area contributed by atoms with Gasteiger partial charge in [-0.3, -0.25) is 19.6 Å². The van der Waals surface area contributed by atoms with Crippen LogP contribution in [0.15, 0.2) is 112 Å². The van der Waals surface area contributed by atoms with Gasteiger partial charge in [0.05, 0.1) is 18.5 Å². The highest BCUT2D eigenvalue weighted by Crippen LogP contribution is 2.39. The minimum Gasteiger partial charge on any atom is -0.495 e. The lowest BCUT2D eigenvalue weighted by molar-refractivity contribution is -0.116. The number of aryl methyl sites for hydroxylation is 3. The summed E-state index contributed by atoms with van der Waals surface area (Å²) in [6.45, 7) is 10.2. The van der Waals surface area contributed by atoms with E-state index in [0.29, 0.717) is 37.3 Å². The van der Waals surface area contributed by atoms with Gasteiger partial charge in [0.25, 0.3) is 5.56 Å². The Kier molecular flexibility index (Phi) is 12.2. The van der Waals surface area contributed by atoms with Crippen molar-refractivity contribution in [3.8, 4) is 22.6 Å². The van der Waals surface area contributed by atoms with Crippen molar-refractivity contribution in [3.05, 3.63) is 134 Å². The van der Waals surface area contributed by atoms with E-state index in [-0.39, 0.29) is 11.5 Å². The van der Waals surface area contributed by atoms with E-state index in [4.69, 9.17) is 9.47 Å². The molecule has 9 nitrogen and oxygen atoms in total. The van der Waals surface area contributed by atoms with Gasteiger partial charge in [-0.25, -0.2) is 0 Å². The fraction of sp³-hybridized carbons (Fsp3) is 0.250. The number of aromatic nitrogens is 2.